The summed E-state index contributed by atoms with van der Waals surface area (Å²) in [6, 6.07) is -1.95. The van der Waals surface area contributed by atoms with Crippen LogP contribution in [0.3, 0.4) is 0 Å². The summed E-state index contributed by atoms with van der Waals surface area (Å²) < 4.78 is 0. The van der Waals surface area contributed by atoms with Crippen LogP contribution in [0.4, 0.5) is 4.79 Å². The molecule has 1 unspecified atom stereocenters. The van der Waals surface area contributed by atoms with Crippen molar-refractivity contribution in [1.29, 1.82) is 0 Å². The van der Waals surface area contributed by atoms with E-state index < -0.39 is 30.4 Å². The zero-order valence-electron chi connectivity index (χ0n) is 11.5. The number of carboxylic acids is 2. The van der Waals surface area contributed by atoms with Gasteiger partial charge in [-0.15, -0.1) is 0 Å². The summed E-state index contributed by atoms with van der Waals surface area (Å²) in [7, 11) is 0. The van der Waals surface area contributed by atoms with Crippen LogP contribution in [0.25, 0.3) is 0 Å². The van der Waals surface area contributed by atoms with Gasteiger partial charge in [0.15, 0.2) is 0 Å². The quantitative estimate of drug-likeness (QED) is 0.612. The number of carbonyl (C=O) groups excluding carboxylic acids is 1. The fraction of sp³-hybridized carbons (Fsp3) is 0.750. The van der Waals surface area contributed by atoms with Gasteiger partial charge >= 0.3 is 18.0 Å². The summed E-state index contributed by atoms with van der Waals surface area (Å²) in [4.78, 5) is 34.8. The minimum atomic E-state index is -1.41. The zero-order chi connectivity index (χ0) is 15.0. The summed E-state index contributed by atoms with van der Waals surface area (Å²) in [5.74, 6) is -2.32. The van der Waals surface area contributed by atoms with E-state index in [9.17, 15) is 14.4 Å². The van der Waals surface area contributed by atoms with Gasteiger partial charge in [-0.05, 0) is 12.8 Å². The maximum atomic E-state index is 11.9. The molecule has 3 N–H and O–H groups in total. The average molecular weight is 274 g/mol. The van der Waals surface area contributed by atoms with Crippen LogP contribution >= 0.6 is 0 Å². The molecule has 7 nitrogen and oxygen atoms in total. The molecule has 0 bridgehead atoms. The minimum Gasteiger partial charge on any atom is -0.481 e. The second-order valence-electron chi connectivity index (χ2n) is 4.49. The first-order valence-corrected chi connectivity index (χ1v) is 6.31. The van der Waals surface area contributed by atoms with Crippen LogP contribution in [0.2, 0.25) is 0 Å². The molecule has 0 heterocycles. The van der Waals surface area contributed by atoms with E-state index in [4.69, 9.17) is 10.2 Å². The van der Waals surface area contributed by atoms with Crippen LogP contribution in [-0.2, 0) is 9.59 Å². The van der Waals surface area contributed by atoms with Gasteiger partial charge in [0, 0.05) is 13.1 Å². The average Bonchev–Trinajstić information content (AvgIpc) is 2.33. The predicted molar refractivity (Wildman–Crippen MR) is 68.9 cm³/mol. The minimum absolute atomic E-state index is 0.299. The number of carboxylic acid groups (broad SMARTS) is 2. The number of urea groups is 1. The van der Waals surface area contributed by atoms with E-state index >= 15 is 0 Å². The second kappa shape index (κ2) is 8.34. The highest BCUT2D eigenvalue weighted by Crippen LogP contribution is 2.05. The lowest BCUT2D eigenvalue weighted by Crippen LogP contribution is -2.49. The van der Waals surface area contributed by atoms with Gasteiger partial charge in [-0.3, -0.25) is 4.79 Å². The Morgan fingerprint density at radius 3 is 2.16 bits per heavy atom. The third-order valence-electron chi connectivity index (χ3n) is 2.87. The fourth-order valence-corrected chi connectivity index (χ4v) is 1.48. The highest BCUT2D eigenvalue weighted by Gasteiger charge is 2.25. The number of rotatable bonds is 8. The van der Waals surface area contributed by atoms with Gasteiger partial charge in [-0.2, -0.15) is 0 Å². The molecule has 2 amide bonds. The van der Waals surface area contributed by atoms with E-state index in [1.807, 2.05) is 13.8 Å². The first-order chi connectivity index (χ1) is 8.81. The number of hydrogen-bond acceptors (Lipinski definition) is 3. The lowest BCUT2D eigenvalue weighted by Gasteiger charge is -2.25. The maximum Gasteiger partial charge on any atom is 0.326 e. The molecule has 0 aliphatic heterocycles. The third kappa shape index (κ3) is 6.64. The summed E-state index contributed by atoms with van der Waals surface area (Å²) >= 11 is 0. The number of hydrogen-bond donors (Lipinski definition) is 3. The molecular weight excluding hydrogens is 252 g/mol. The van der Waals surface area contributed by atoms with Crippen molar-refractivity contribution >= 4 is 18.0 Å². The van der Waals surface area contributed by atoms with Crippen molar-refractivity contribution < 1.29 is 24.6 Å². The van der Waals surface area contributed by atoms with E-state index in [0.717, 1.165) is 6.42 Å². The van der Waals surface area contributed by atoms with Crippen molar-refractivity contribution in [2.24, 2.45) is 5.92 Å². The maximum absolute atomic E-state index is 11.9. The number of carbonyl (C=O) groups is 3. The van der Waals surface area contributed by atoms with Crippen molar-refractivity contribution in [3.05, 3.63) is 0 Å². The van der Waals surface area contributed by atoms with Crippen molar-refractivity contribution in [2.75, 3.05) is 13.1 Å². The molecule has 0 radical (unpaired) electrons. The normalized spacial score (nSPS) is 13.4. The third-order valence-corrected chi connectivity index (χ3v) is 2.87. The standard InChI is InChI=1S/C12H22N2O5/c1-4-8(3)7-14(5-2)12(19)13-9(11(17)18)6-10(15)16/h8-9H,4-7H2,1-3H3,(H,13,19)(H,15,16)(H,17,18)/t8?,9-/m0/s1. The molecule has 2 atom stereocenters. The van der Waals surface area contributed by atoms with E-state index in [1.54, 1.807) is 6.92 Å². The summed E-state index contributed by atoms with van der Waals surface area (Å²) in [6.45, 7) is 6.73. The Morgan fingerprint density at radius 2 is 1.79 bits per heavy atom. The van der Waals surface area contributed by atoms with Crippen molar-refractivity contribution in [2.45, 2.75) is 39.7 Å². The summed E-state index contributed by atoms with van der Waals surface area (Å²) in [5.41, 5.74) is 0. The van der Waals surface area contributed by atoms with Gasteiger partial charge in [-0.25, -0.2) is 9.59 Å². The van der Waals surface area contributed by atoms with E-state index in [2.05, 4.69) is 5.32 Å². The number of aliphatic carboxylic acids is 2. The van der Waals surface area contributed by atoms with Gasteiger partial charge < -0.3 is 20.4 Å². The molecule has 0 aliphatic rings. The van der Waals surface area contributed by atoms with E-state index in [-0.39, 0.29) is 0 Å². The fourth-order valence-electron chi connectivity index (χ4n) is 1.48. The number of amides is 2. The molecule has 0 saturated heterocycles. The van der Waals surface area contributed by atoms with Crippen LogP contribution in [-0.4, -0.2) is 52.2 Å². The smallest absolute Gasteiger partial charge is 0.326 e. The first-order valence-electron chi connectivity index (χ1n) is 6.31. The van der Waals surface area contributed by atoms with Gasteiger partial charge in [0.25, 0.3) is 0 Å². The van der Waals surface area contributed by atoms with Crippen LogP contribution in [0.5, 0.6) is 0 Å². The Labute approximate surface area is 112 Å². The van der Waals surface area contributed by atoms with Crippen LogP contribution < -0.4 is 5.32 Å². The molecule has 0 rings (SSSR count). The Morgan fingerprint density at radius 1 is 1.21 bits per heavy atom. The van der Waals surface area contributed by atoms with Gasteiger partial charge in [0.05, 0.1) is 6.42 Å². The Bertz CT molecular complexity index is 332. The molecular formula is C12H22N2O5. The molecule has 0 aliphatic carbocycles. The van der Waals surface area contributed by atoms with Crippen molar-refractivity contribution in [3.8, 4) is 0 Å². The molecule has 0 spiro atoms. The van der Waals surface area contributed by atoms with Crippen LogP contribution in [0, 0.1) is 5.92 Å². The molecule has 0 fully saturated rings. The Hall–Kier alpha value is -1.79. The topological polar surface area (TPSA) is 107 Å². The Balaban J connectivity index is 4.59. The van der Waals surface area contributed by atoms with Crippen molar-refractivity contribution in [1.82, 2.24) is 10.2 Å². The van der Waals surface area contributed by atoms with E-state index in [1.165, 1.54) is 4.90 Å². The molecule has 110 valence electrons. The summed E-state index contributed by atoms with van der Waals surface area (Å²) in [5, 5.41) is 19.7. The predicted octanol–water partition coefficient (Wildman–Crippen LogP) is 0.992. The lowest BCUT2D eigenvalue weighted by molar-refractivity contribution is -0.145. The van der Waals surface area contributed by atoms with E-state index in [0.29, 0.717) is 19.0 Å². The zero-order valence-corrected chi connectivity index (χ0v) is 11.5. The molecule has 0 saturated carbocycles. The van der Waals surface area contributed by atoms with Crippen molar-refractivity contribution in [3.63, 3.8) is 0 Å². The lowest BCUT2D eigenvalue weighted by atomic mass is 10.1. The molecule has 7 heteroatoms. The summed E-state index contributed by atoms with van der Waals surface area (Å²) in [6.07, 6.45) is 0.267. The SMILES string of the molecule is CCC(C)CN(CC)C(=O)N[C@@H](CC(=O)O)C(=O)O. The number of nitrogens with zero attached hydrogens (tertiary/aromatic N) is 1. The van der Waals surface area contributed by atoms with Gasteiger partial charge in [-0.1, -0.05) is 20.3 Å². The Kier molecular flexibility index (Phi) is 7.55. The van der Waals surface area contributed by atoms with Crippen LogP contribution in [0.15, 0.2) is 0 Å². The van der Waals surface area contributed by atoms with Gasteiger partial charge in [0.1, 0.15) is 6.04 Å². The highest BCUT2D eigenvalue weighted by molar-refractivity contribution is 5.86. The highest BCUT2D eigenvalue weighted by atomic mass is 16.4. The molecule has 19 heavy (non-hydrogen) atoms. The van der Waals surface area contributed by atoms with Crippen LogP contribution in [0.1, 0.15) is 33.6 Å². The molecule has 0 aromatic heterocycles. The molecule has 0 aromatic carbocycles. The van der Waals surface area contributed by atoms with Gasteiger partial charge in [0.2, 0.25) is 0 Å². The largest absolute Gasteiger partial charge is 0.481 e. The monoisotopic (exact) mass is 274 g/mol. The molecule has 0 aromatic rings. The first kappa shape index (κ1) is 17.2. The number of nitrogens with one attached hydrogen (secondary N) is 1. The second-order valence-corrected chi connectivity index (χ2v) is 4.49.